The average molecular weight is 1430 g/mol. The van der Waals surface area contributed by atoms with Gasteiger partial charge in [-0.25, -0.2) is 0 Å². The molecule has 18 aromatic carbocycles. The summed E-state index contributed by atoms with van der Waals surface area (Å²) in [5.74, 6) is 0. The molecule has 528 valence electrons. The minimum absolute atomic E-state index is 1.08. The Labute approximate surface area is 653 Å². The van der Waals surface area contributed by atoms with Gasteiger partial charge >= 0.3 is 0 Å². The summed E-state index contributed by atoms with van der Waals surface area (Å²) in [6.45, 7) is 0. The van der Waals surface area contributed by atoms with Crippen molar-refractivity contribution in [2.75, 3.05) is 9.80 Å². The van der Waals surface area contributed by atoms with Gasteiger partial charge in [0.15, 0.2) is 0 Å². The van der Waals surface area contributed by atoms with Crippen molar-refractivity contribution in [1.29, 1.82) is 0 Å². The SMILES string of the molecule is c1ccc(-c2cccc(N(c3ccc(-c4cccc(-n5c6ccccc6c6ccccc65)c4)cc3)c3cc(-c4ccccc4)ccc3-c3ccccc3)c2)cc1.c1ccc(-c2cccc(N(c3ccc(-c4cccc(-n5c6ccccc6c6ccccc65)c4)cc3)c3ccc(-c4ccccc4)cc3-c3ccccc3)c2)cc1. The Morgan fingerprint density at radius 3 is 0.795 bits per heavy atom. The Bertz CT molecular complexity index is 6600. The van der Waals surface area contributed by atoms with Crippen LogP contribution in [0.25, 0.3) is 144 Å². The summed E-state index contributed by atoms with van der Waals surface area (Å²) in [5, 5.41) is 5.06. The fraction of sp³-hybridized carbons (Fsp3) is 0. The number of hydrogen-bond donors (Lipinski definition) is 0. The predicted octanol–water partition coefficient (Wildman–Crippen LogP) is 29.8. The van der Waals surface area contributed by atoms with E-state index in [1.54, 1.807) is 0 Å². The first kappa shape index (κ1) is 67.7. The molecule has 20 rings (SSSR count). The summed E-state index contributed by atoms with van der Waals surface area (Å²) in [7, 11) is 0. The van der Waals surface area contributed by atoms with E-state index in [0.717, 1.165) is 56.6 Å². The van der Waals surface area contributed by atoms with Crippen LogP contribution in [-0.2, 0) is 0 Å². The largest absolute Gasteiger partial charge is 0.310 e. The Morgan fingerprint density at radius 1 is 0.143 bits per heavy atom. The monoisotopic (exact) mass is 1430 g/mol. The van der Waals surface area contributed by atoms with Crippen LogP contribution in [0.2, 0.25) is 0 Å². The number of para-hydroxylation sites is 4. The second kappa shape index (κ2) is 30.4. The van der Waals surface area contributed by atoms with E-state index in [9.17, 15) is 0 Å². The summed E-state index contributed by atoms with van der Waals surface area (Å²) >= 11 is 0. The number of aromatic nitrogens is 2. The Hall–Kier alpha value is -14.8. The highest BCUT2D eigenvalue weighted by molar-refractivity contribution is 6.10. The van der Waals surface area contributed by atoms with Crippen molar-refractivity contribution in [3.8, 4) is 100 Å². The van der Waals surface area contributed by atoms with Gasteiger partial charge < -0.3 is 18.9 Å². The molecular formula is C108H76N4. The first-order valence-corrected chi connectivity index (χ1v) is 38.4. The molecule has 20 aromatic rings. The van der Waals surface area contributed by atoms with Crippen LogP contribution in [-0.4, -0.2) is 9.13 Å². The summed E-state index contributed by atoms with van der Waals surface area (Å²) in [4.78, 5) is 4.82. The average Bonchev–Trinajstić information content (AvgIpc) is 1.70. The van der Waals surface area contributed by atoms with Gasteiger partial charge in [0.05, 0.1) is 33.4 Å². The Balaban J connectivity index is 0.000000151. The number of rotatable bonds is 16. The number of anilines is 6. The first-order chi connectivity index (χ1) is 55.6. The van der Waals surface area contributed by atoms with Gasteiger partial charge in [0, 0.05) is 66.8 Å². The van der Waals surface area contributed by atoms with Crippen LogP contribution in [0.15, 0.2) is 461 Å². The highest BCUT2D eigenvalue weighted by Gasteiger charge is 2.23. The number of nitrogens with zero attached hydrogens (tertiary/aromatic N) is 4. The zero-order chi connectivity index (χ0) is 74.5. The molecule has 0 aliphatic rings. The molecule has 0 N–H and O–H groups in total. The van der Waals surface area contributed by atoms with Crippen LogP contribution in [0.1, 0.15) is 0 Å². The minimum Gasteiger partial charge on any atom is -0.310 e. The van der Waals surface area contributed by atoms with E-state index >= 15 is 0 Å². The van der Waals surface area contributed by atoms with Gasteiger partial charge in [-0.05, 0) is 193 Å². The van der Waals surface area contributed by atoms with Crippen molar-refractivity contribution in [2.24, 2.45) is 0 Å². The summed E-state index contributed by atoms with van der Waals surface area (Å²) in [6, 6.07) is 166. The molecule has 0 atom stereocenters. The molecule has 0 spiro atoms. The third kappa shape index (κ3) is 13.4. The van der Waals surface area contributed by atoms with E-state index in [0.29, 0.717) is 0 Å². The quantitative estimate of drug-likeness (QED) is 0.0959. The van der Waals surface area contributed by atoms with Gasteiger partial charge in [0.2, 0.25) is 0 Å². The smallest absolute Gasteiger partial charge is 0.0546 e. The Morgan fingerprint density at radius 2 is 0.411 bits per heavy atom. The van der Waals surface area contributed by atoms with Crippen LogP contribution >= 0.6 is 0 Å². The molecule has 0 saturated carbocycles. The van der Waals surface area contributed by atoms with Gasteiger partial charge in [-0.2, -0.15) is 0 Å². The highest BCUT2D eigenvalue weighted by atomic mass is 15.2. The lowest BCUT2D eigenvalue weighted by Crippen LogP contribution is -2.11. The molecule has 0 radical (unpaired) electrons. The fourth-order valence-corrected chi connectivity index (χ4v) is 16.2. The van der Waals surface area contributed by atoms with Gasteiger partial charge in [-0.3, -0.25) is 0 Å². The third-order valence-corrected chi connectivity index (χ3v) is 21.6. The molecule has 0 bridgehead atoms. The predicted molar refractivity (Wildman–Crippen MR) is 474 cm³/mol. The zero-order valence-corrected chi connectivity index (χ0v) is 61.7. The highest BCUT2D eigenvalue weighted by Crippen LogP contribution is 2.48. The molecule has 0 aliphatic carbocycles. The van der Waals surface area contributed by atoms with Gasteiger partial charge in [-0.1, -0.05) is 346 Å². The van der Waals surface area contributed by atoms with Crippen molar-refractivity contribution in [2.45, 2.75) is 0 Å². The lowest BCUT2D eigenvalue weighted by Gasteiger charge is -2.29. The molecular weight excluding hydrogens is 1350 g/mol. The van der Waals surface area contributed by atoms with E-state index < -0.39 is 0 Å². The van der Waals surface area contributed by atoms with E-state index in [4.69, 9.17) is 0 Å². The van der Waals surface area contributed by atoms with E-state index in [1.165, 1.54) is 122 Å². The fourth-order valence-electron chi connectivity index (χ4n) is 16.2. The number of fused-ring (bicyclic) bond motifs is 6. The van der Waals surface area contributed by atoms with Crippen molar-refractivity contribution < 1.29 is 0 Å². The van der Waals surface area contributed by atoms with Crippen LogP contribution < -0.4 is 9.80 Å². The van der Waals surface area contributed by atoms with Gasteiger partial charge in [0.1, 0.15) is 0 Å². The summed E-state index contributed by atoms with van der Waals surface area (Å²) in [5.41, 5.74) is 32.5. The maximum Gasteiger partial charge on any atom is 0.0546 e. The molecule has 0 aliphatic heterocycles. The number of benzene rings is 18. The topological polar surface area (TPSA) is 16.3 Å². The van der Waals surface area contributed by atoms with Crippen LogP contribution in [0.3, 0.4) is 0 Å². The van der Waals surface area contributed by atoms with Crippen LogP contribution in [0.5, 0.6) is 0 Å². The van der Waals surface area contributed by atoms with Crippen molar-refractivity contribution >= 4 is 77.7 Å². The van der Waals surface area contributed by atoms with E-state index in [2.05, 4.69) is 480 Å². The van der Waals surface area contributed by atoms with Crippen molar-refractivity contribution in [1.82, 2.24) is 9.13 Å². The second-order valence-electron chi connectivity index (χ2n) is 28.4. The van der Waals surface area contributed by atoms with E-state index in [-0.39, 0.29) is 0 Å². The zero-order valence-electron chi connectivity index (χ0n) is 61.7. The summed E-state index contributed by atoms with van der Waals surface area (Å²) in [6.07, 6.45) is 0. The Kier molecular flexibility index (Phi) is 18.4. The molecule has 4 nitrogen and oxygen atoms in total. The van der Waals surface area contributed by atoms with Crippen LogP contribution in [0, 0.1) is 0 Å². The van der Waals surface area contributed by atoms with Crippen molar-refractivity contribution in [3.63, 3.8) is 0 Å². The molecule has 0 fully saturated rings. The van der Waals surface area contributed by atoms with Gasteiger partial charge in [-0.15, -0.1) is 0 Å². The summed E-state index contributed by atoms with van der Waals surface area (Å²) < 4.78 is 4.77. The molecule has 0 unspecified atom stereocenters. The second-order valence-corrected chi connectivity index (χ2v) is 28.4. The van der Waals surface area contributed by atoms with Crippen molar-refractivity contribution in [3.05, 3.63) is 461 Å². The molecule has 2 aromatic heterocycles. The van der Waals surface area contributed by atoms with Gasteiger partial charge in [0.25, 0.3) is 0 Å². The molecule has 112 heavy (non-hydrogen) atoms. The lowest BCUT2D eigenvalue weighted by molar-refractivity contribution is 1.18. The molecule has 0 amide bonds. The lowest BCUT2D eigenvalue weighted by atomic mass is 9.95. The van der Waals surface area contributed by atoms with Crippen LogP contribution in [0.4, 0.5) is 34.1 Å². The maximum absolute atomic E-state index is 2.42. The number of hydrogen-bond acceptors (Lipinski definition) is 2. The molecule has 0 saturated heterocycles. The third-order valence-electron chi connectivity index (χ3n) is 21.6. The first-order valence-electron chi connectivity index (χ1n) is 38.4. The standard InChI is InChI=1S/2C54H38N2/c1-4-16-39(17-5-1)43-22-14-24-47(36-43)55(54-38-45(40-18-6-2-7-19-40)32-35-49(54)42-20-8-3-9-21-42)46-33-30-41(31-34-46)44-23-15-25-48(37-44)56-52-28-12-10-26-50(52)51-27-11-13-29-53(51)56;1-4-16-39(17-5-1)43-22-14-24-47(36-43)55(54-35-32-45(40-18-6-2-7-19-40)38-51(54)42-20-8-3-9-21-42)46-33-30-41(31-34-46)44-23-15-25-48(37-44)56-52-28-12-10-26-49(52)50-27-11-13-29-53(50)56/h2*1-38H. The molecule has 4 heteroatoms. The normalized spacial score (nSPS) is 11.2. The minimum atomic E-state index is 1.08. The maximum atomic E-state index is 2.42. The molecule has 2 heterocycles. The van der Waals surface area contributed by atoms with E-state index in [1.807, 2.05) is 0 Å².